The van der Waals surface area contributed by atoms with E-state index in [1.165, 1.54) is 11.1 Å². The highest BCUT2D eigenvalue weighted by atomic mass is 16.2. The second-order valence-corrected chi connectivity index (χ2v) is 6.23. The highest BCUT2D eigenvalue weighted by molar-refractivity contribution is 5.95. The number of aryl methyl sites for hydroxylation is 2. The van der Waals surface area contributed by atoms with E-state index in [-0.39, 0.29) is 5.91 Å². The van der Waals surface area contributed by atoms with Crippen LogP contribution in [-0.4, -0.2) is 18.5 Å². The van der Waals surface area contributed by atoms with Gasteiger partial charge in [0.05, 0.1) is 0 Å². The molecule has 0 bridgehead atoms. The van der Waals surface area contributed by atoms with Crippen LogP contribution in [0.3, 0.4) is 0 Å². The molecule has 0 atom stereocenters. The number of rotatable bonds is 3. The average molecular weight is 262 g/mol. The average Bonchev–Trinajstić information content (AvgIpc) is 2.24. The molecule has 0 aliphatic heterocycles. The van der Waals surface area contributed by atoms with Crippen LogP contribution in [0.25, 0.3) is 0 Å². The number of nitrogens with zero attached hydrogens (tertiary/aromatic N) is 1. The second kappa shape index (κ2) is 5.33. The molecule has 1 aromatic carbocycles. The number of carbonyl (C=O) groups is 1. The standard InChI is InChI=1S/C16H26N2O/c1-10-8-11(2)13(4)15(12(10)3)18(7)14(19)9-16(5,6)17/h8H,9,17H2,1-7H3. The number of benzene rings is 1. The van der Waals surface area contributed by atoms with Crippen molar-refractivity contribution in [3.8, 4) is 0 Å². The van der Waals surface area contributed by atoms with Crippen molar-refractivity contribution in [2.24, 2.45) is 5.73 Å². The van der Waals surface area contributed by atoms with Gasteiger partial charge < -0.3 is 10.6 Å². The smallest absolute Gasteiger partial charge is 0.228 e. The molecule has 3 nitrogen and oxygen atoms in total. The first-order chi connectivity index (χ1) is 8.54. The maximum absolute atomic E-state index is 12.3. The lowest BCUT2D eigenvalue weighted by atomic mass is 9.96. The van der Waals surface area contributed by atoms with E-state index in [4.69, 9.17) is 5.73 Å². The lowest BCUT2D eigenvalue weighted by molar-refractivity contribution is -0.119. The van der Waals surface area contributed by atoms with E-state index >= 15 is 0 Å². The summed E-state index contributed by atoms with van der Waals surface area (Å²) in [6.45, 7) is 12.0. The van der Waals surface area contributed by atoms with Crippen molar-refractivity contribution in [2.45, 2.75) is 53.5 Å². The molecule has 3 heteroatoms. The van der Waals surface area contributed by atoms with Gasteiger partial charge in [-0.25, -0.2) is 0 Å². The van der Waals surface area contributed by atoms with Gasteiger partial charge in [0.25, 0.3) is 0 Å². The van der Waals surface area contributed by atoms with Crippen molar-refractivity contribution in [1.82, 2.24) is 0 Å². The molecular weight excluding hydrogens is 236 g/mol. The number of hydrogen-bond acceptors (Lipinski definition) is 2. The molecule has 0 heterocycles. The van der Waals surface area contributed by atoms with E-state index in [0.717, 1.165) is 16.8 Å². The third-order valence-corrected chi connectivity index (χ3v) is 3.64. The van der Waals surface area contributed by atoms with E-state index in [0.29, 0.717) is 6.42 Å². The Kier molecular flexibility index (Phi) is 4.41. The Hall–Kier alpha value is -1.35. The molecule has 1 rings (SSSR count). The van der Waals surface area contributed by atoms with E-state index in [1.807, 2.05) is 20.9 Å². The Balaban J connectivity index is 3.20. The molecule has 0 fully saturated rings. The van der Waals surface area contributed by atoms with Gasteiger partial charge in [-0.05, 0) is 63.8 Å². The van der Waals surface area contributed by atoms with Crippen LogP contribution in [0.15, 0.2) is 6.07 Å². The quantitative estimate of drug-likeness (QED) is 0.910. The summed E-state index contributed by atoms with van der Waals surface area (Å²) in [6.07, 6.45) is 0.343. The third-order valence-electron chi connectivity index (χ3n) is 3.64. The minimum absolute atomic E-state index is 0.0590. The zero-order chi connectivity index (χ0) is 15.0. The Morgan fingerprint density at radius 2 is 1.58 bits per heavy atom. The van der Waals surface area contributed by atoms with Crippen molar-refractivity contribution in [1.29, 1.82) is 0 Å². The Labute approximate surface area is 116 Å². The first-order valence-electron chi connectivity index (χ1n) is 6.67. The first kappa shape index (κ1) is 15.7. The zero-order valence-electron chi connectivity index (χ0n) is 13.2. The maximum atomic E-state index is 12.3. The van der Waals surface area contributed by atoms with Crippen LogP contribution < -0.4 is 10.6 Å². The molecule has 0 saturated heterocycles. The molecule has 106 valence electrons. The predicted molar refractivity (Wildman–Crippen MR) is 81.7 cm³/mol. The largest absolute Gasteiger partial charge is 0.325 e. The van der Waals surface area contributed by atoms with E-state index in [9.17, 15) is 4.79 Å². The number of hydrogen-bond donors (Lipinski definition) is 1. The fraction of sp³-hybridized carbons (Fsp3) is 0.562. The van der Waals surface area contributed by atoms with Gasteiger partial charge in [-0.15, -0.1) is 0 Å². The van der Waals surface area contributed by atoms with Gasteiger partial charge in [0.15, 0.2) is 0 Å². The Morgan fingerprint density at radius 3 is 1.95 bits per heavy atom. The summed E-state index contributed by atoms with van der Waals surface area (Å²) < 4.78 is 0. The third kappa shape index (κ3) is 3.57. The number of carbonyl (C=O) groups excluding carboxylic acids is 1. The molecule has 0 unspecified atom stereocenters. The van der Waals surface area contributed by atoms with E-state index in [2.05, 4.69) is 33.8 Å². The molecule has 0 aliphatic rings. The van der Waals surface area contributed by atoms with E-state index in [1.54, 1.807) is 4.90 Å². The molecule has 0 radical (unpaired) electrons. The summed E-state index contributed by atoms with van der Waals surface area (Å²) in [7, 11) is 1.84. The van der Waals surface area contributed by atoms with Gasteiger partial charge in [-0.3, -0.25) is 4.79 Å². The van der Waals surface area contributed by atoms with Gasteiger partial charge in [-0.2, -0.15) is 0 Å². The monoisotopic (exact) mass is 262 g/mol. The summed E-state index contributed by atoms with van der Waals surface area (Å²) >= 11 is 0. The summed E-state index contributed by atoms with van der Waals surface area (Å²) in [4.78, 5) is 14.1. The fourth-order valence-corrected chi connectivity index (χ4v) is 2.33. The number of anilines is 1. The minimum Gasteiger partial charge on any atom is -0.325 e. The van der Waals surface area contributed by atoms with Crippen molar-refractivity contribution in [2.75, 3.05) is 11.9 Å². The van der Waals surface area contributed by atoms with E-state index < -0.39 is 5.54 Å². The highest BCUT2D eigenvalue weighted by Gasteiger charge is 2.23. The van der Waals surface area contributed by atoms with Crippen molar-refractivity contribution >= 4 is 11.6 Å². The molecule has 1 aromatic rings. The Morgan fingerprint density at radius 1 is 1.16 bits per heavy atom. The second-order valence-electron chi connectivity index (χ2n) is 6.23. The van der Waals surface area contributed by atoms with Crippen LogP contribution in [0.1, 0.15) is 42.5 Å². The lowest BCUT2D eigenvalue weighted by Crippen LogP contribution is -2.40. The van der Waals surface area contributed by atoms with Gasteiger partial charge in [0, 0.05) is 24.7 Å². The van der Waals surface area contributed by atoms with Crippen LogP contribution in [0.2, 0.25) is 0 Å². The van der Waals surface area contributed by atoms with Crippen LogP contribution >= 0.6 is 0 Å². The van der Waals surface area contributed by atoms with Gasteiger partial charge >= 0.3 is 0 Å². The Bertz CT molecular complexity index is 472. The van der Waals surface area contributed by atoms with Gasteiger partial charge in [-0.1, -0.05) is 6.07 Å². The minimum atomic E-state index is -0.480. The molecule has 19 heavy (non-hydrogen) atoms. The molecule has 1 amide bonds. The van der Waals surface area contributed by atoms with Crippen molar-refractivity contribution in [3.63, 3.8) is 0 Å². The van der Waals surface area contributed by atoms with Crippen LogP contribution in [0, 0.1) is 27.7 Å². The first-order valence-corrected chi connectivity index (χ1v) is 6.67. The summed E-state index contributed by atoms with van der Waals surface area (Å²) in [5, 5.41) is 0. The van der Waals surface area contributed by atoms with Crippen molar-refractivity contribution in [3.05, 3.63) is 28.3 Å². The summed E-state index contributed by atoms with van der Waals surface area (Å²) in [5.41, 5.74) is 11.2. The molecule has 0 saturated carbocycles. The molecule has 0 aromatic heterocycles. The summed E-state index contributed by atoms with van der Waals surface area (Å²) in [5.74, 6) is 0.0590. The summed E-state index contributed by atoms with van der Waals surface area (Å²) in [6, 6.07) is 2.17. The van der Waals surface area contributed by atoms with Crippen LogP contribution in [-0.2, 0) is 4.79 Å². The lowest BCUT2D eigenvalue weighted by Gasteiger charge is -2.27. The zero-order valence-corrected chi connectivity index (χ0v) is 13.2. The number of nitrogens with two attached hydrogens (primary N) is 1. The van der Waals surface area contributed by atoms with Crippen LogP contribution in [0.4, 0.5) is 5.69 Å². The SMILES string of the molecule is Cc1cc(C)c(C)c(N(C)C(=O)CC(C)(C)N)c1C. The van der Waals surface area contributed by atoms with Gasteiger partial charge in [0.2, 0.25) is 5.91 Å². The van der Waals surface area contributed by atoms with Gasteiger partial charge in [0.1, 0.15) is 0 Å². The maximum Gasteiger partial charge on any atom is 0.228 e. The number of amides is 1. The normalized spacial score (nSPS) is 11.6. The topological polar surface area (TPSA) is 46.3 Å². The molecule has 0 aliphatic carbocycles. The highest BCUT2D eigenvalue weighted by Crippen LogP contribution is 2.30. The molecular formula is C16H26N2O. The molecule has 2 N–H and O–H groups in total. The van der Waals surface area contributed by atoms with Crippen molar-refractivity contribution < 1.29 is 4.79 Å². The molecule has 0 spiro atoms. The predicted octanol–water partition coefficient (Wildman–Crippen LogP) is 3.01. The fourth-order valence-electron chi connectivity index (χ4n) is 2.33. The van der Waals surface area contributed by atoms with Crippen LogP contribution in [0.5, 0.6) is 0 Å².